The summed E-state index contributed by atoms with van der Waals surface area (Å²) < 4.78 is 0. The van der Waals surface area contributed by atoms with Crippen molar-refractivity contribution in [2.45, 2.75) is 47.0 Å². The zero-order valence-electron chi connectivity index (χ0n) is 12.3. The molecule has 0 aliphatic heterocycles. The van der Waals surface area contributed by atoms with Crippen LogP contribution in [0.4, 0.5) is 0 Å². The van der Waals surface area contributed by atoms with E-state index in [0.29, 0.717) is 12.0 Å². The lowest BCUT2D eigenvalue weighted by molar-refractivity contribution is 0.440. The molecule has 1 aromatic carbocycles. The first-order valence-corrected chi connectivity index (χ1v) is 6.70. The van der Waals surface area contributed by atoms with Crippen LogP contribution in [0, 0.1) is 6.92 Å². The molecular weight excluding hydrogens is 236 g/mol. The van der Waals surface area contributed by atoms with Crippen LogP contribution in [0.2, 0.25) is 0 Å². The van der Waals surface area contributed by atoms with Gasteiger partial charge in [0.1, 0.15) is 11.5 Å². The highest BCUT2D eigenvalue weighted by atomic mass is 16.3. The van der Waals surface area contributed by atoms with Crippen molar-refractivity contribution in [3.8, 4) is 11.5 Å². The Morgan fingerprint density at radius 3 is 2.16 bits per heavy atom. The molecule has 0 radical (unpaired) electrons. The molecule has 0 aliphatic rings. The standard InChI is InChI=1S/C17H24O2/c1-12(2)6-5-7-13(3)8-9-15-16(18)10-14(4)11-17(15)19/h6,8,10-11,18-19H,5,7,9H2,1-4H3. The van der Waals surface area contributed by atoms with Gasteiger partial charge in [-0.25, -0.2) is 0 Å². The van der Waals surface area contributed by atoms with Crippen LogP contribution in [0.1, 0.15) is 44.7 Å². The van der Waals surface area contributed by atoms with E-state index in [0.717, 1.165) is 18.4 Å². The zero-order chi connectivity index (χ0) is 14.4. The molecule has 0 heterocycles. The van der Waals surface area contributed by atoms with E-state index in [-0.39, 0.29) is 11.5 Å². The molecule has 104 valence electrons. The zero-order valence-corrected chi connectivity index (χ0v) is 12.3. The van der Waals surface area contributed by atoms with Gasteiger partial charge >= 0.3 is 0 Å². The number of phenols is 2. The van der Waals surface area contributed by atoms with E-state index in [1.165, 1.54) is 11.1 Å². The van der Waals surface area contributed by atoms with Gasteiger partial charge in [-0.3, -0.25) is 0 Å². The maximum Gasteiger partial charge on any atom is 0.123 e. The summed E-state index contributed by atoms with van der Waals surface area (Å²) in [6.45, 7) is 8.13. The maximum atomic E-state index is 9.84. The lowest BCUT2D eigenvalue weighted by atomic mass is 10.0. The van der Waals surface area contributed by atoms with E-state index in [4.69, 9.17) is 0 Å². The quantitative estimate of drug-likeness (QED) is 0.757. The summed E-state index contributed by atoms with van der Waals surface area (Å²) in [7, 11) is 0. The molecule has 1 rings (SSSR count). The second kappa shape index (κ2) is 7.03. The van der Waals surface area contributed by atoms with Crippen LogP contribution >= 0.6 is 0 Å². The Hall–Kier alpha value is -1.70. The molecule has 0 saturated heterocycles. The summed E-state index contributed by atoms with van der Waals surface area (Å²) >= 11 is 0. The first-order valence-electron chi connectivity index (χ1n) is 6.70. The molecule has 2 N–H and O–H groups in total. The van der Waals surface area contributed by atoms with Crippen LogP contribution in [-0.2, 0) is 6.42 Å². The lowest BCUT2D eigenvalue weighted by Gasteiger charge is -2.07. The fraction of sp³-hybridized carbons (Fsp3) is 0.412. The van der Waals surface area contributed by atoms with Crippen LogP contribution in [0.3, 0.4) is 0 Å². The van der Waals surface area contributed by atoms with Crippen molar-refractivity contribution in [3.05, 3.63) is 46.6 Å². The molecule has 0 amide bonds. The van der Waals surface area contributed by atoms with Gasteiger partial charge in [0, 0.05) is 5.56 Å². The van der Waals surface area contributed by atoms with E-state index in [9.17, 15) is 10.2 Å². The van der Waals surface area contributed by atoms with E-state index in [1.54, 1.807) is 12.1 Å². The van der Waals surface area contributed by atoms with Crippen LogP contribution < -0.4 is 0 Å². The Labute approximate surface area is 116 Å². The van der Waals surface area contributed by atoms with Crippen molar-refractivity contribution in [2.24, 2.45) is 0 Å². The molecule has 0 saturated carbocycles. The molecule has 0 unspecified atom stereocenters. The number of benzene rings is 1. The van der Waals surface area contributed by atoms with Crippen molar-refractivity contribution < 1.29 is 10.2 Å². The normalized spacial score (nSPS) is 11.5. The first kappa shape index (κ1) is 15.4. The number of phenolic OH excluding ortho intramolecular Hbond substituents is 2. The number of aromatic hydroxyl groups is 2. The van der Waals surface area contributed by atoms with Gasteiger partial charge in [0.25, 0.3) is 0 Å². The van der Waals surface area contributed by atoms with Crippen molar-refractivity contribution in [3.63, 3.8) is 0 Å². The van der Waals surface area contributed by atoms with Gasteiger partial charge in [-0.15, -0.1) is 0 Å². The molecule has 1 aromatic rings. The highest BCUT2D eigenvalue weighted by molar-refractivity contribution is 5.47. The number of allylic oxidation sites excluding steroid dienone is 4. The first-order chi connectivity index (χ1) is 8.90. The van der Waals surface area contributed by atoms with Gasteiger partial charge in [-0.2, -0.15) is 0 Å². The smallest absolute Gasteiger partial charge is 0.123 e. The molecule has 0 atom stereocenters. The predicted octanol–water partition coefficient (Wildman–Crippen LogP) is 4.64. The second-order valence-corrected chi connectivity index (χ2v) is 5.36. The van der Waals surface area contributed by atoms with Crippen molar-refractivity contribution in [2.75, 3.05) is 0 Å². The van der Waals surface area contributed by atoms with E-state index in [2.05, 4.69) is 32.9 Å². The van der Waals surface area contributed by atoms with Crippen LogP contribution in [0.5, 0.6) is 11.5 Å². The third-order valence-electron chi connectivity index (χ3n) is 3.09. The SMILES string of the molecule is CC(C)=CCCC(C)=CCc1c(O)cc(C)cc1O. The monoisotopic (exact) mass is 260 g/mol. The predicted molar refractivity (Wildman–Crippen MR) is 80.6 cm³/mol. The van der Waals surface area contributed by atoms with Gasteiger partial charge in [0.15, 0.2) is 0 Å². The summed E-state index contributed by atoms with van der Waals surface area (Å²) in [6, 6.07) is 3.36. The van der Waals surface area contributed by atoms with Gasteiger partial charge in [-0.05, 0) is 64.7 Å². The van der Waals surface area contributed by atoms with Crippen molar-refractivity contribution in [1.82, 2.24) is 0 Å². The second-order valence-electron chi connectivity index (χ2n) is 5.36. The van der Waals surface area contributed by atoms with Crippen molar-refractivity contribution >= 4 is 0 Å². The summed E-state index contributed by atoms with van der Waals surface area (Å²) in [4.78, 5) is 0. The number of hydrogen-bond acceptors (Lipinski definition) is 2. The summed E-state index contributed by atoms with van der Waals surface area (Å²) in [5, 5.41) is 19.7. The highest BCUT2D eigenvalue weighted by Gasteiger charge is 2.06. The fourth-order valence-corrected chi connectivity index (χ4v) is 1.95. The summed E-state index contributed by atoms with van der Waals surface area (Å²) in [6.07, 6.45) is 6.91. The summed E-state index contributed by atoms with van der Waals surface area (Å²) in [5.41, 5.74) is 4.08. The average Bonchev–Trinajstić information content (AvgIpc) is 2.26. The fourth-order valence-electron chi connectivity index (χ4n) is 1.95. The molecule has 2 nitrogen and oxygen atoms in total. The minimum atomic E-state index is 0.172. The van der Waals surface area contributed by atoms with E-state index in [1.807, 2.05) is 6.92 Å². The van der Waals surface area contributed by atoms with Crippen LogP contribution in [0.25, 0.3) is 0 Å². The van der Waals surface area contributed by atoms with Crippen molar-refractivity contribution in [1.29, 1.82) is 0 Å². The lowest BCUT2D eigenvalue weighted by Crippen LogP contribution is -1.88. The van der Waals surface area contributed by atoms with Gasteiger partial charge < -0.3 is 10.2 Å². The average molecular weight is 260 g/mol. The largest absolute Gasteiger partial charge is 0.508 e. The molecule has 0 spiro atoms. The number of aryl methyl sites for hydroxylation is 1. The topological polar surface area (TPSA) is 40.5 Å². The molecule has 0 bridgehead atoms. The Balaban J connectivity index is 2.68. The molecule has 0 fully saturated rings. The maximum absolute atomic E-state index is 9.84. The Morgan fingerprint density at radius 2 is 1.63 bits per heavy atom. The third-order valence-corrected chi connectivity index (χ3v) is 3.09. The van der Waals surface area contributed by atoms with Gasteiger partial charge in [0.05, 0.1) is 0 Å². The minimum Gasteiger partial charge on any atom is -0.508 e. The highest BCUT2D eigenvalue weighted by Crippen LogP contribution is 2.29. The van der Waals surface area contributed by atoms with Crippen LogP contribution in [0.15, 0.2) is 35.4 Å². The van der Waals surface area contributed by atoms with E-state index < -0.39 is 0 Å². The number of hydrogen-bond donors (Lipinski definition) is 2. The number of rotatable bonds is 5. The van der Waals surface area contributed by atoms with Gasteiger partial charge in [0.2, 0.25) is 0 Å². The molecule has 2 heteroatoms. The van der Waals surface area contributed by atoms with Crippen LogP contribution in [-0.4, -0.2) is 10.2 Å². The molecular formula is C17H24O2. The Bertz CT molecular complexity index is 469. The third kappa shape index (κ3) is 5.21. The minimum absolute atomic E-state index is 0.172. The molecule has 19 heavy (non-hydrogen) atoms. The Morgan fingerprint density at radius 1 is 1.05 bits per heavy atom. The van der Waals surface area contributed by atoms with E-state index >= 15 is 0 Å². The molecule has 0 aromatic heterocycles. The van der Waals surface area contributed by atoms with Gasteiger partial charge in [-0.1, -0.05) is 23.3 Å². The summed E-state index contributed by atoms with van der Waals surface area (Å²) in [5.74, 6) is 0.344. The Kier molecular flexibility index (Phi) is 5.68. The molecule has 0 aliphatic carbocycles.